The van der Waals surface area contributed by atoms with Crippen LogP contribution in [0.2, 0.25) is 0 Å². The molecule has 5 nitrogen and oxygen atoms in total. The number of benzene rings is 2. The van der Waals surface area contributed by atoms with Gasteiger partial charge in [0.05, 0.1) is 5.56 Å². The summed E-state index contributed by atoms with van der Waals surface area (Å²) in [5, 5.41) is 3.50. The van der Waals surface area contributed by atoms with Crippen molar-refractivity contribution in [3.8, 4) is 0 Å². The molecule has 1 aromatic heterocycles. The van der Waals surface area contributed by atoms with Gasteiger partial charge in [0.1, 0.15) is 5.82 Å². The number of anilines is 1. The lowest BCUT2D eigenvalue weighted by atomic mass is 9.87. The van der Waals surface area contributed by atoms with Crippen LogP contribution in [0, 0.1) is 6.92 Å². The van der Waals surface area contributed by atoms with Crippen molar-refractivity contribution < 1.29 is 4.79 Å². The number of carbonyl (C=O) groups excluding carboxylic acids is 1. The number of hydrogen-bond donors (Lipinski definition) is 1. The molecule has 4 rings (SSSR count). The van der Waals surface area contributed by atoms with E-state index in [0.29, 0.717) is 22.3 Å². The van der Waals surface area contributed by atoms with Crippen LogP contribution in [-0.4, -0.2) is 21.7 Å². The number of nitrogens with zero attached hydrogens (tertiary/aromatic N) is 2. The van der Waals surface area contributed by atoms with Crippen molar-refractivity contribution in [3.05, 3.63) is 81.1 Å². The molecule has 0 saturated heterocycles. The maximum atomic E-state index is 13.0. The van der Waals surface area contributed by atoms with E-state index in [0.717, 1.165) is 16.0 Å². The van der Waals surface area contributed by atoms with Gasteiger partial charge >= 0.3 is 0 Å². The maximum absolute atomic E-state index is 13.0. The number of nitrogens with one attached hydrogen (secondary N) is 1. The molecule has 2 aromatic carbocycles. The minimum Gasteiger partial charge on any atom is -0.312 e. The lowest BCUT2D eigenvalue weighted by molar-refractivity contribution is -0.116. The van der Waals surface area contributed by atoms with E-state index in [-0.39, 0.29) is 23.8 Å². The van der Waals surface area contributed by atoms with Crippen LogP contribution in [0.3, 0.4) is 0 Å². The Morgan fingerprint density at radius 2 is 1.80 bits per heavy atom. The van der Waals surface area contributed by atoms with E-state index in [1.165, 1.54) is 17.3 Å². The molecule has 0 radical (unpaired) electrons. The predicted molar refractivity (Wildman–Crippen MR) is 124 cm³/mol. The van der Waals surface area contributed by atoms with E-state index in [9.17, 15) is 9.59 Å². The maximum Gasteiger partial charge on any atom is 0.279 e. The van der Waals surface area contributed by atoms with E-state index < -0.39 is 0 Å². The minimum atomic E-state index is -0.285. The average Bonchev–Trinajstić information content (AvgIpc) is 2.75. The molecule has 1 aliphatic heterocycles. The third kappa shape index (κ3) is 4.18. The highest BCUT2D eigenvalue weighted by Crippen LogP contribution is 2.36. The summed E-state index contributed by atoms with van der Waals surface area (Å²) in [7, 11) is 1.85. The van der Waals surface area contributed by atoms with Crippen molar-refractivity contribution in [1.82, 2.24) is 9.55 Å². The second-order valence-electron chi connectivity index (χ2n) is 7.37. The smallest absolute Gasteiger partial charge is 0.279 e. The van der Waals surface area contributed by atoms with Gasteiger partial charge in [-0.1, -0.05) is 53.7 Å². The first-order chi connectivity index (χ1) is 14.5. The van der Waals surface area contributed by atoms with Gasteiger partial charge in [-0.2, -0.15) is 4.98 Å². The molecule has 1 amide bonds. The fourth-order valence-corrected chi connectivity index (χ4v) is 4.95. The highest BCUT2D eigenvalue weighted by molar-refractivity contribution is 7.98. The molecule has 0 saturated carbocycles. The van der Waals surface area contributed by atoms with Gasteiger partial charge < -0.3 is 9.88 Å². The molecule has 1 N–H and O–H groups in total. The highest BCUT2D eigenvalue weighted by atomic mass is 32.2. The first kappa shape index (κ1) is 20.8. The van der Waals surface area contributed by atoms with Gasteiger partial charge in [0, 0.05) is 30.0 Å². The summed E-state index contributed by atoms with van der Waals surface area (Å²) in [4.78, 5) is 31.0. The van der Waals surface area contributed by atoms with Crippen molar-refractivity contribution >= 4 is 35.2 Å². The third-order valence-corrected chi connectivity index (χ3v) is 7.15. The van der Waals surface area contributed by atoms with Crippen molar-refractivity contribution in [2.45, 2.75) is 35.1 Å². The number of amides is 1. The monoisotopic (exact) mass is 437 g/mol. The Hall–Kier alpha value is -2.51. The molecule has 0 bridgehead atoms. The first-order valence-corrected chi connectivity index (χ1v) is 11.9. The zero-order chi connectivity index (χ0) is 21.3. The number of aromatic nitrogens is 2. The number of carbonyl (C=O) groups is 1. The number of rotatable bonds is 5. The van der Waals surface area contributed by atoms with Crippen LogP contribution < -0.4 is 10.9 Å². The Labute approximate surface area is 184 Å². The molecule has 1 unspecified atom stereocenters. The van der Waals surface area contributed by atoms with Crippen LogP contribution in [-0.2, 0) is 17.6 Å². The molecule has 1 aliphatic rings. The van der Waals surface area contributed by atoms with E-state index in [4.69, 9.17) is 0 Å². The summed E-state index contributed by atoms with van der Waals surface area (Å²) in [6.07, 6.45) is 2.27. The SMILES string of the molecule is CSc1ccc(C2CC(=O)Nc3c2c(=O)nc(SCc2ccc(C)cc2)n3C)cc1. The Bertz CT molecular complexity index is 1140. The molecule has 30 heavy (non-hydrogen) atoms. The lowest BCUT2D eigenvalue weighted by Gasteiger charge is -2.27. The summed E-state index contributed by atoms with van der Waals surface area (Å²) < 4.78 is 1.83. The number of fused-ring (bicyclic) bond motifs is 1. The molecule has 0 spiro atoms. The Balaban J connectivity index is 1.68. The summed E-state index contributed by atoms with van der Waals surface area (Å²) in [5.74, 6) is 0.882. The highest BCUT2D eigenvalue weighted by Gasteiger charge is 2.32. The van der Waals surface area contributed by atoms with E-state index in [1.807, 2.05) is 42.1 Å². The van der Waals surface area contributed by atoms with Crippen molar-refractivity contribution in [3.63, 3.8) is 0 Å². The van der Waals surface area contributed by atoms with Gasteiger partial charge in [-0.3, -0.25) is 9.59 Å². The van der Waals surface area contributed by atoms with E-state index in [2.05, 4.69) is 41.5 Å². The average molecular weight is 438 g/mol. The number of aryl methyl sites for hydroxylation is 1. The molecular formula is C23H23N3O2S2. The summed E-state index contributed by atoms with van der Waals surface area (Å²) in [6, 6.07) is 16.3. The largest absolute Gasteiger partial charge is 0.312 e. The zero-order valence-electron chi connectivity index (χ0n) is 17.1. The summed E-state index contributed by atoms with van der Waals surface area (Å²) in [6.45, 7) is 2.05. The van der Waals surface area contributed by atoms with Crippen molar-refractivity contribution in [2.75, 3.05) is 11.6 Å². The van der Waals surface area contributed by atoms with Gasteiger partial charge in [-0.15, -0.1) is 11.8 Å². The van der Waals surface area contributed by atoms with Gasteiger partial charge in [-0.05, 0) is 36.4 Å². The van der Waals surface area contributed by atoms with E-state index in [1.54, 1.807) is 11.8 Å². The molecule has 3 aromatic rings. The zero-order valence-corrected chi connectivity index (χ0v) is 18.8. The van der Waals surface area contributed by atoms with Gasteiger partial charge in [-0.25, -0.2) is 0 Å². The Kier molecular flexibility index (Phi) is 6.01. The van der Waals surface area contributed by atoms with Gasteiger partial charge in [0.15, 0.2) is 5.16 Å². The topological polar surface area (TPSA) is 64.0 Å². The van der Waals surface area contributed by atoms with Crippen LogP contribution in [0.25, 0.3) is 0 Å². The van der Waals surface area contributed by atoms with Crippen molar-refractivity contribution in [2.24, 2.45) is 7.05 Å². The molecule has 154 valence electrons. The minimum absolute atomic E-state index is 0.0860. The van der Waals surface area contributed by atoms with Crippen LogP contribution >= 0.6 is 23.5 Å². The molecular weight excluding hydrogens is 414 g/mol. The van der Waals surface area contributed by atoms with Gasteiger partial charge in [0.2, 0.25) is 5.91 Å². The summed E-state index contributed by atoms with van der Waals surface area (Å²) >= 11 is 3.16. The Morgan fingerprint density at radius 3 is 2.47 bits per heavy atom. The molecule has 0 aliphatic carbocycles. The lowest BCUT2D eigenvalue weighted by Crippen LogP contribution is -2.33. The quantitative estimate of drug-likeness (QED) is 0.468. The second-order valence-corrected chi connectivity index (χ2v) is 9.20. The van der Waals surface area contributed by atoms with Crippen LogP contribution in [0.15, 0.2) is 63.4 Å². The fraction of sp³-hybridized carbons (Fsp3) is 0.261. The molecule has 7 heteroatoms. The van der Waals surface area contributed by atoms with Crippen LogP contribution in [0.5, 0.6) is 0 Å². The third-order valence-electron chi connectivity index (χ3n) is 5.31. The normalized spacial score (nSPS) is 15.6. The number of hydrogen-bond acceptors (Lipinski definition) is 5. The first-order valence-electron chi connectivity index (χ1n) is 9.69. The molecule has 2 heterocycles. The van der Waals surface area contributed by atoms with Gasteiger partial charge in [0.25, 0.3) is 5.56 Å². The Morgan fingerprint density at radius 1 is 1.10 bits per heavy atom. The van der Waals surface area contributed by atoms with Crippen molar-refractivity contribution in [1.29, 1.82) is 0 Å². The standard InChI is InChI=1S/C23H23N3O2S2/c1-14-4-6-15(7-5-14)13-30-23-25-22(28)20-18(12-19(27)24-21(20)26(23)2)16-8-10-17(29-3)11-9-16/h4-11,18H,12-13H2,1-3H3,(H,24,27). The predicted octanol–water partition coefficient (Wildman–Crippen LogP) is 4.58. The second kappa shape index (κ2) is 8.70. The molecule has 0 fully saturated rings. The van der Waals surface area contributed by atoms with Crippen LogP contribution in [0.1, 0.15) is 34.6 Å². The summed E-state index contributed by atoms with van der Waals surface area (Å²) in [5.41, 5.74) is 3.63. The van der Waals surface area contributed by atoms with Crippen LogP contribution in [0.4, 0.5) is 5.82 Å². The number of thioether (sulfide) groups is 2. The molecule has 1 atom stereocenters. The fourth-order valence-electron chi connectivity index (χ4n) is 3.62. The van der Waals surface area contributed by atoms with E-state index >= 15 is 0 Å².